The number of carbonyl (C=O) groups excluding carboxylic acids is 4. The fraction of sp³-hybridized carbons (Fsp3) is 0.444. The van der Waals surface area contributed by atoms with E-state index < -0.39 is 30.4 Å². The van der Waals surface area contributed by atoms with E-state index in [1.54, 1.807) is 24.3 Å². The smallest absolute Gasteiger partial charge is 0.325 e. The molecule has 1 aromatic carbocycles. The van der Waals surface area contributed by atoms with E-state index in [0.29, 0.717) is 24.5 Å². The minimum Gasteiger partial charge on any atom is -0.494 e. The highest BCUT2D eigenvalue weighted by atomic mass is 16.5. The van der Waals surface area contributed by atoms with Crippen molar-refractivity contribution in [3.05, 3.63) is 29.8 Å². The highest BCUT2D eigenvalue weighted by Crippen LogP contribution is 2.12. The lowest BCUT2D eigenvalue weighted by molar-refractivity contribution is -0.149. The summed E-state index contributed by atoms with van der Waals surface area (Å²) in [6.07, 6.45) is 1.99. The minimum atomic E-state index is -0.768. The van der Waals surface area contributed by atoms with E-state index in [1.807, 2.05) is 0 Å². The summed E-state index contributed by atoms with van der Waals surface area (Å²) in [6.45, 7) is 2.37. The van der Waals surface area contributed by atoms with Gasteiger partial charge in [0.15, 0.2) is 6.61 Å². The van der Waals surface area contributed by atoms with Crippen LogP contribution in [0.1, 0.15) is 30.1 Å². The molecule has 0 aliphatic carbocycles. The zero-order chi connectivity index (χ0) is 19.6. The lowest BCUT2D eigenvalue weighted by atomic mass is 10.2. The molecule has 0 radical (unpaired) electrons. The summed E-state index contributed by atoms with van der Waals surface area (Å²) >= 11 is 0. The van der Waals surface area contributed by atoms with E-state index >= 15 is 0 Å². The highest BCUT2D eigenvalue weighted by Gasteiger charge is 2.26. The van der Waals surface area contributed by atoms with Crippen LogP contribution in [0.15, 0.2) is 24.3 Å². The van der Waals surface area contributed by atoms with Crippen LogP contribution >= 0.6 is 0 Å². The second kappa shape index (κ2) is 10.1. The molecule has 0 aromatic heterocycles. The standard InChI is InChI=1S/C18H23N3O6/c1-2-3-10-26-14-6-4-13(5-7-14)17(24)20-11-16(23)27-12-15(22)21-9-8-19-18(21)25/h4-7H,2-3,8-12H2,1H3,(H,19,25)(H,20,24). The molecule has 0 bridgehead atoms. The molecule has 9 heteroatoms. The Balaban J connectivity index is 1.70. The molecule has 0 saturated carbocycles. The van der Waals surface area contributed by atoms with E-state index in [-0.39, 0.29) is 13.1 Å². The zero-order valence-corrected chi connectivity index (χ0v) is 15.2. The molecule has 1 aromatic rings. The number of unbranched alkanes of at least 4 members (excludes halogenated alkanes) is 1. The van der Waals surface area contributed by atoms with Crippen LogP contribution in [0.25, 0.3) is 0 Å². The number of hydrogen-bond donors (Lipinski definition) is 2. The third kappa shape index (κ3) is 6.28. The van der Waals surface area contributed by atoms with Gasteiger partial charge in [-0.3, -0.25) is 19.3 Å². The summed E-state index contributed by atoms with van der Waals surface area (Å²) in [4.78, 5) is 47.7. The van der Waals surface area contributed by atoms with Crippen molar-refractivity contribution in [2.75, 3.05) is 32.8 Å². The van der Waals surface area contributed by atoms with Crippen LogP contribution in [0.3, 0.4) is 0 Å². The van der Waals surface area contributed by atoms with Crippen molar-refractivity contribution < 1.29 is 28.7 Å². The van der Waals surface area contributed by atoms with Gasteiger partial charge in [-0.1, -0.05) is 13.3 Å². The molecular formula is C18H23N3O6. The quantitative estimate of drug-likeness (QED) is 0.483. The first-order chi connectivity index (χ1) is 13.0. The normalized spacial score (nSPS) is 13.1. The number of amides is 4. The van der Waals surface area contributed by atoms with Crippen molar-refractivity contribution in [1.82, 2.24) is 15.5 Å². The summed E-state index contributed by atoms with van der Waals surface area (Å²) in [5, 5.41) is 4.89. The monoisotopic (exact) mass is 377 g/mol. The SMILES string of the molecule is CCCCOc1ccc(C(=O)NCC(=O)OCC(=O)N2CCNC2=O)cc1. The number of rotatable bonds is 9. The Labute approximate surface area is 157 Å². The first-order valence-corrected chi connectivity index (χ1v) is 8.76. The number of nitrogens with one attached hydrogen (secondary N) is 2. The number of hydrogen-bond acceptors (Lipinski definition) is 6. The lowest BCUT2D eigenvalue weighted by Gasteiger charge is -2.12. The van der Waals surface area contributed by atoms with Gasteiger partial charge in [-0.2, -0.15) is 0 Å². The summed E-state index contributed by atoms with van der Waals surface area (Å²) in [6, 6.07) is 6.05. The summed E-state index contributed by atoms with van der Waals surface area (Å²) in [7, 11) is 0. The van der Waals surface area contributed by atoms with Crippen molar-refractivity contribution in [1.29, 1.82) is 0 Å². The first kappa shape index (κ1) is 20.2. The van der Waals surface area contributed by atoms with Gasteiger partial charge in [-0.25, -0.2) is 4.79 Å². The van der Waals surface area contributed by atoms with E-state index in [4.69, 9.17) is 9.47 Å². The predicted octanol–water partition coefficient (Wildman–Crippen LogP) is 0.690. The molecule has 2 rings (SSSR count). The van der Waals surface area contributed by atoms with Gasteiger partial charge in [-0.05, 0) is 30.7 Å². The highest BCUT2D eigenvalue weighted by molar-refractivity contribution is 5.98. The molecular weight excluding hydrogens is 354 g/mol. The Morgan fingerprint density at radius 3 is 2.59 bits per heavy atom. The molecule has 0 unspecified atom stereocenters. The van der Waals surface area contributed by atoms with Crippen LogP contribution in [0, 0.1) is 0 Å². The maximum absolute atomic E-state index is 12.0. The summed E-state index contributed by atoms with van der Waals surface area (Å²) in [5.74, 6) is -1.15. The first-order valence-electron chi connectivity index (χ1n) is 8.76. The van der Waals surface area contributed by atoms with Gasteiger partial charge in [-0.15, -0.1) is 0 Å². The Morgan fingerprint density at radius 1 is 1.22 bits per heavy atom. The molecule has 1 saturated heterocycles. The van der Waals surface area contributed by atoms with Crippen molar-refractivity contribution in [2.45, 2.75) is 19.8 Å². The molecule has 0 atom stereocenters. The number of esters is 1. The molecule has 1 aliphatic heterocycles. The van der Waals surface area contributed by atoms with E-state index in [0.717, 1.165) is 17.7 Å². The maximum Gasteiger partial charge on any atom is 0.325 e. The second-order valence-electron chi connectivity index (χ2n) is 5.85. The van der Waals surface area contributed by atoms with E-state index in [1.165, 1.54) is 0 Å². The van der Waals surface area contributed by atoms with E-state index in [9.17, 15) is 19.2 Å². The molecule has 4 amide bonds. The van der Waals surface area contributed by atoms with Gasteiger partial charge in [0.25, 0.3) is 11.8 Å². The topological polar surface area (TPSA) is 114 Å². The molecule has 1 fully saturated rings. The van der Waals surface area contributed by atoms with Gasteiger partial charge in [0.1, 0.15) is 12.3 Å². The average Bonchev–Trinajstić information content (AvgIpc) is 3.11. The van der Waals surface area contributed by atoms with Crippen LogP contribution in [-0.4, -0.2) is 61.6 Å². The number of ether oxygens (including phenoxy) is 2. The molecule has 2 N–H and O–H groups in total. The van der Waals surface area contributed by atoms with Gasteiger partial charge >= 0.3 is 12.0 Å². The van der Waals surface area contributed by atoms with Crippen LogP contribution in [0.5, 0.6) is 5.75 Å². The molecule has 0 spiro atoms. The van der Waals surface area contributed by atoms with Crippen LogP contribution in [0.2, 0.25) is 0 Å². The van der Waals surface area contributed by atoms with Crippen molar-refractivity contribution >= 4 is 23.8 Å². The van der Waals surface area contributed by atoms with Crippen molar-refractivity contribution in [3.8, 4) is 5.75 Å². The molecule has 9 nitrogen and oxygen atoms in total. The fourth-order valence-electron chi connectivity index (χ4n) is 2.27. The van der Waals surface area contributed by atoms with Crippen LogP contribution in [-0.2, 0) is 14.3 Å². The molecule has 27 heavy (non-hydrogen) atoms. The summed E-state index contributed by atoms with van der Waals surface area (Å²) < 4.78 is 10.3. The van der Waals surface area contributed by atoms with Crippen LogP contribution in [0.4, 0.5) is 4.79 Å². The Kier molecular flexibility index (Phi) is 7.60. The predicted molar refractivity (Wildman–Crippen MR) is 95.2 cm³/mol. The third-order valence-corrected chi connectivity index (χ3v) is 3.79. The van der Waals surface area contributed by atoms with Crippen LogP contribution < -0.4 is 15.4 Å². The number of benzene rings is 1. The largest absolute Gasteiger partial charge is 0.494 e. The summed E-state index contributed by atoms with van der Waals surface area (Å²) in [5.41, 5.74) is 0.371. The van der Waals surface area contributed by atoms with E-state index in [2.05, 4.69) is 17.6 Å². The Bertz CT molecular complexity index is 689. The van der Waals surface area contributed by atoms with Gasteiger partial charge in [0.05, 0.1) is 6.61 Å². The van der Waals surface area contributed by atoms with Crippen molar-refractivity contribution in [2.24, 2.45) is 0 Å². The average molecular weight is 377 g/mol. The lowest BCUT2D eigenvalue weighted by Crippen LogP contribution is -2.38. The second-order valence-corrected chi connectivity index (χ2v) is 5.85. The fourth-order valence-corrected chi connectivity index (χ4v) is 2.27. The number of imide groups is 1. The van der Waals surface area contributed by atoms with Crippen molar-refractivity contribution in [3.63, 3.8) is 0 Å². The maximum atomic E-state index is 12.0. The van der Waals surface area contributed by atoms with Gasteiger partial charge in [0, 0.05) is 18.7 Å². The number of urea groups is 1. The third-order valence-electron chi connectivity index (χ3n) is 3.79. The van der Waals surface area contributed by atoms with Gasteiger partial charge in [0.2, 0.25) is 0 Å². The molecule has 1 heterocycles. The zero-order valence-electron chi connectivity index (χ0n) is 15.2. The minimum absolute atomic E-state index is 0.240. The molecule has 1 aliphatic rings. The van der Waals surface area contributed by atoms with Gasteiger partial charge < -0.3 is 20.1 Å². The molecule has 146 valence electrons. The number of nitrogens with zero attached hydrogens (tertiary/aromatic N) is 1. The Hall–Kier alpha value is -3.10. The number of carbonyl (C=O) groups is 4. The Morgan fingerprint density at radius 2 is 1.96 bits per heavy atom.